The van der Waals surface area contributed by atoms with Crippen LogP contribution in [0.25, 0.3) is 42.3 Å². The molecule has 0 atom stereocenters. The molecule has 0 spiro atoms. The molecule has 0 saturated carbocycles. The van der Waals surface area contributed by atoms with Crippen LogP contribution in [0, 0.1) is 20.8 Å². The van der Waals surface area contributed by atoms with E-state index < -0.39 is 0 Å². The Morgan fingerprint density at radius 3 is 2.46 bits per heavy atom. The predicted octanol–water partition coefficient (Wildman–Crippen LogP) is 7.94. The van der Waals surface area contributed by atoms with E-state index in [9.17, 15) is 0 Å². The fraction of sp³-hybridized carbons (Fsp3) is 0.200. The molecule has 138 valence electrons. The van der Waals surface area contributed by atoms with Gasteiger partial charge in [-0.05, 0) is 56.4 Å². The monoisotopic (exact) mass is 399 g/mol. The smallest absolute Gasteiger partial charge is 0.110 e. The van der Waals surface area contributed by atoms with Crippen LogP contribution in [0.4, 0.5) is 0 Å². The summed E-state index contributed by atoms with van der Waals surface area (Å²) < 4.78 is 3.95. The Hall–Kier alpha value is -2.36. The van der Waals surface area contributed by atoms with Gasteiger partial charge in [-0.25, -0.2) is 0 Å². The number of thiophene rings is 2. The minimum Gasteiger partial charge on any atom is -0.291 e. The van der Waals surface area contributed by atoms with Crippen molar-refractivity contribution in [1.82, 2.24) is 4.57 Å². The molecule has 0 fully saturated rings. The lowest BCUT2D eigenvalue weighted by molar-refractivity contribution is 1.02. The molecule has 0 radical (unpaired) electrons. The van der Waals surface area contributed by atoms with Crippen LogP contribution < -0.4 is 0 Å². The fourth-order valence-electron chi connectivity index (χ4n) is 4.91. The van der Waals surface area contributed by atoms with Crippen LogP contribution in [0.15, 0.2) is 42.5 Å². The Kier molecular flexibility index (Phi) is 3.45. The molecule has 5 aromatic rings. The predicted molar refractivity (Wildman–Crippen MR) is 126 cm³/mol. The number of fused-ring (bicyclic) bond motifs is 7. The third kappa shape index (κ3) is 2.12. The van der Waals surface area contributed by atoms with Crippen LogP contribution in [0.2, 0.25) is 0 Å². The summed E-state index contributed by atoms with van der Waals surface area (Å²) in [6.45, 7) is 6.71. The van der Waals surface area contributed by atoms with E-state index in [2.05, 4.69) is 73.9 Å². The van der Waals surface area contributed by atoms with Gasteiger partial charge < -0.3 is 0 Å². The molecule has 1 aliphatic rings. The van der Waals surface area contributed by atoms with Gasteiger partial charge in [0.1, 0.15) is 9.66 Å². The van der Waals surface area contributed by atoms with Gasteiger partial charge >= 0.3 is 0 Å². The van der Waals surface area contributed by atoms with Gasteiger partial charge in [0.2, 0.25) is 0 Å². The first-order chi connectivity index (χ1) is 13.6. The van der Waals surface area contributed by atoms with E-state index >= 15 is 0 Å². The highest BCUT2D eigenvalue weighted by Gasteiger charge is 2.25. The van der Waals surface area contributed by atoms with Gasteiger partial charge in [-0.3, -0.25) is 4.57 Å². The van der Waals surface area contributed by atoms with Crippen molar-refractivity contribution in [3.05, 3.63) is 69.6 Å². The Bertz CT molecular complexity index is 1420. The Morgan fingerprint density at radius 2 is 1.64 bits per heavy atom. The van der Waals surface area contributed by atoms with E-state index in [1.807, 2.05) is 22.7 Å². The third-order valence-electron chi connectivity index (χ3n) is 5.92. The minimum absolute atomic E-state index is 1.16. The zero-order valence-electron chi connectivity index (χ0n) is 16.3. The number of nitrogens with zero attached hydrogens (tertiary/aromatic N) is 1. The van der Waals surface area contributed by atoms with E-state index in [0.29, 0.717) is 0 Å². The number of aryl methyl sites for hydroxylation is 4. The Balaban J connectivity index is 1.87. The number of rotatable bonds is 1. The molecule has 0 bridgehead atoms. The third-order valence-corrected chi connectivity index (χ3v) is 8.32. The summed E-state index contributed by atoms with van der Waals surface area (Å²) in [4.78, 5) is 4.35. The molecule has 0 aliphatic heterocycles. The van der Waals surface area contributed by atoms with E-state index in [1.54, 1.807) is 4.88 Å². The van der Waals surface area contributed by atoms with Crippen molar-refractivity contribution < 1.29 is 0 Å². The normalized spacial score (nSPS) is 13.8. The molecule has 1 nitrogen and oxygen atoms in total. The van der Waals surface area contributed by atoms with Gasteiger partial charge in [0.05, 0.1) is 5.69 Å². The number of aromatic nitrogens is 1. The topological polar surface area (TPSA) is 4.93 Å². The first kappa shape index (κ1) is 16.6. The maximum absolute atomic E-state index is 2.57. The van der Waals surface area contributed by atoms with Crippen LogP contribution >= 0.6 is 22.7 Å². The van der Waals surface area contributed by atoms with Gasteiger partial charge in [-0.2, -0.15) is 0 Å². The van der Waals surface area contributed by atoms with Crippen LogP contribution in [0.3, 0.4) is 0 Å². The Morgan fingerprint density at radius 1 is 0.893 bits per heavy atom. The number of allylic oxidation sites excluding steroid dienone is 1. The van der Waals surface area contributed by atoms with E-state index in [1.165, 1.54) is 64.9 Å². The lowest BCUT2D eigenvalue weighted by atomic mass is 10.0. The fourth-order valence-corrected chi connectivity index (χ4v) is 7.51. The van der Waals surface area contributed by atoms with E-state index in [-0.39, 0.29) is 0 Å². The molecule has 0 N–H and O–H groups in total. The van der Waals surface area contributed by atoms with E-state index in [4.69, 9.17) is 0 Å². The van der Waals surface area contributed by atoms with Crippen molar-refractivity contribution in [3.63, 3.8) is 0 Å². The summed E-state index contributed by atoms with van der Waals surface area (Å²) >= 11 is 3.93. The molecular formula is C25H21NS2. The number of benzene rings is 2. The van der Waals surface area contributed by atoms with Crippen molar-refractivity contribution in [2.75, 3.05) is 0 Å². The lowest BCUT2D eigenvalue weighted by Crippen LogP contribution is -1.99. The SMILES string of the molecule is Cc1cc(C)c(-n2c3sc4c(c3c3c5ccccc5sc32)C=CCC4)c(C)c1. The lowest BCUT2D eigenvalue weighted by Gasteiger charge is -2.14. The molecule has 0 saturated heterocycles. The second-order valence-electron chi connectivity index (χ2n) is 7.92. The van der Waals surface area contributed by atoms with Crippen LogP contribution in [-0.2, 0) is 6.42 Å². The van der Waals surface area contributed by atoms with Crippen molar-refractivity contribution in [1.29, 1.82) is 0 Å². The standard InChI is InChI=1S/C25H21NS2/c1-14-12-15(2)23(16(3)13-14)26-24-21(17-8-4-6-10-19(17)27-24)22-18-9-5-7-11-20(18)28-25(22)26/h4-6,8-10,12-13H,7,11H2,1-3H3. The Labute approximate surface area is 172 Å². The molecular weight excluding hydrogens is 378 g/mol. The van der Waals surface area contributed by atoms with Crippen molar-refractivity contribution >= 4 is 59.3 Å². The zero-order chi connectivity index (χ0) is 19.0. The average molecular weight is 400 g/mol. The molecule has 2 aromatic carbocycles. The second-order valence-corrected chi connectivity index (χ2v) is 10.0. The quantitative estimate of drug-likeness (QED) is 0.269. The first-order valence-electron chi connectivity index (χ1n) is 9.85. The number of hydrogen-bond donors (Lipinski definition) is 0. The zero-order valence-corrected chi connectivity index (χ0v) is 17.9. The van der Waals surface area contributed by atoms with Crippen LogP contribution in [0.1, 0.15) is 33.6 Å². The van der Waals surface area contributed by atoms with Gasteiger partial charge in [0.25, 0.3) is 0 Å². The molecule has 1 aliphatic carbocycles. The van der Waals surface area contributed by atoms with Crippen LogP contribution in [0.5, 0.6) is 0 Å². The number of hydrogen-bond acceptors (Lipinski definition) is 2. The highest BCUT2D eigenvalue weighted by atomic mass is 32.1. The molecule has 0 unspecified atom stereocenters. The largest absolute Gasteiger partial charge is 0.291 e. The van der Waals surface area contributed by atoms with Gasteiger partial charge in [-0.1, -0.05) is 48.0 Å². The summed E-state index contributed by atoms with van der Waals surface area (Å²) in [5.74, 6) is 0. The summed E-state index contributed by atoms with van der Waals surface area (Å²) in [7, 11) is 0. The molecule has 6 rings (SSSR count). The maximum Gasteiger partial charge on any atom is 0.110 e. The highest BCUT2D eigenvalue weighted by molar-refractivity contribution is 7.26. The molecule has 0 amide bonds. The summed E-state index contributed by atoms with van der Waals surface area (Å²) in [6.07, 6.45) is 7.03. The van der Waals surface area contributed by atoms with Gasteiger partial charge in [0, 0.05) is 25.7 Å². The van der Waals surface area contributed by atoms with Crippen LogP contribution in [-0.4, -0.2) is 4.57 Å². The highest BCUT2D eigenvalue weighted by Crippen LogP contribution is 2.49. The maximum atomic E-state index is 2.57. The van der Waals surface area contributed by atoms with Gasteiger partial charge in [0.15, 0.2) is 0 Å². The second kappa shape index (κ2) is 5.82. The molecule has 28 heavy (non-hydrogen) atoms. The van der Waals surface area contributed by atoms with Crippen molar-refractivity contribution in [3.8, 4) is 5.69 Å². The minimum atomic E-state index is 1.16. The summed E-state index contributed by atoms with van der Waals surface area (Å²) in [5.41, 5.74) is 6.87. The van der Waals surface area contributed by atoms with Crippen molar-refractivity contribution in [2.24, 2.45) is 0 Å². The first-order valence-corrected chi connectivity index (χ1v) is 11.5. The molecule has 3 aromatic heterocycles. The summed E-state index contributed by atoms with van der Waals surface area (Å²) in [5, 5.41) is 4.30. The summed E-state index contributed by atoms with van der Waals surface area (Å²) in [6, 6.07) is 13.5. The van der Waals surface area contributed by atoms with E-state index in [0.717, 1.165) is 6.42 Å². The molecule has 3 heteroatoms. The average Bonchev–Trinajstić information content (AvgIpc) is 3.29. The van der Waals surface area contributed by atoms with Crippen molar-refractivity contribution in [2.45, 2.75) is 33.6 Å². The molecule has 3 heterocycles. The van der Waals surface area contributed by atoms with Gasteiger partial charge in [-0.15, -0.1) is 22.7 Å².